The van der Waals surface area contributed by atoms with Crippen molar-refractivity contribution in [2.45, 2.75) is 32.6 Å². The average molecular weight is 292 g/mol. The molecule has 21 heavy (non-hydrogen) atoms. The van der Waals surface area contributed by atoms with Gasteiger partial charge < -0.3 is 0 Å². The lowest BCUT2D eigenvalue weighted by atomic mass is 9.90. The molecule has 0 aliphatic heterocycles. The summed E-state index contributed by atoms with van der Waals surface area (Å²) in [5, 5.41) is 25.8. The third-order valence-corrected chi connectivity index (χ3v) is 3.57. The number of anilines is 1. The summed E-state index contributed by atoms with van der Waals surface area (Å²) in [5.74, 6) is 0.678. The predicted octanol–water partition coefficient (Wildman–Crippen LogP) is 3.48. The van der Waals surface area contributed by atoms with Gasteiger partial charge in [0, 0.05) is 11.8 Å². The zero-order valence-electron chi connectivity index (χ0n) is 11.6. The fourth-order valence-electron chi connectivity index (χ4n) is 2.23. The van der Waals surface area contributed by atoms with E-state index in [0.29, 0.717) is 5.92 Å². The van der Waals surface area contributed by atoms with E-state index in [1.807, 2.05) is 0 Å². The number of hydrogen-bond donors (Lipinski definition) is 1. The zero-order chi connectivity index (χ0) is 15.4. The summed E-state index contributed by atoms with van der Waals surface area (Å²) in [6, 6.07) is 3.47. The summed E-state index contributed by atoms with van der Waals surface area (Å²) >= 11 is 0. The molecule has 112 valence electrons. The van der Waals surface area contributed by atoms with Gasteiger partial charge in [-0.05, 0) is 37.7 Å². The lowest BCUT2D eigenvalue weighted by molar-refractivity contribution is -0.393. The van der Waals surface area contributed by atoms with Crippen molar-refractivity contribution in [3.05, 3.63) is 38.4 Å². The Morgan fingerprint density at radius 3 is 2.43 bits per heavy atom. The molecule has 1 aliphatic carbocycles. The van der Waals surface area contributed by atoms with Crippen molar-refractivity contribution < 1.29 is 9.85 Å². The second-order valence-corrected chi connectivity index (χ2v) is 5.19. The van der Waals surface area contributed by atoms with Gasteiger partial charge in [-0.3, -0.25) is 25.7 Å². The molecule has 1 saturated carbocycles. The van der Waals surface area contributed by atoms with Crippen LogP contribution in [0.5, 0.6) is 0 Å². The van der Waals surface area contributed by atoms with Gasteiger partial charge in [-0.1, -0.05) is 6.92 Å². The summed E-state index contributed by atoms with van der Waals surface area (Å²) in [7, 11) is 0. The van der Waals surface area contributed by atoms with Crippen LogP contribution in [0, 0.1) is 26.1 Å². The molecule has 0 unspecified atom stereocenters. The third-order valence-electron chi connectivity index (χ3n) is 3.57. The minimum Gasteiger partial charge on any atom is -0.272 e. The highest BCUT2D eigenvalue weighted by atomic mass is 16.6. The molecule has 0 aromatic heterocycles. The van der Waals surface area contributed by atoms with Crippen molar-refractivity contribution in [3.8, 4) is 0 Å². The number of nitrogens with one attached hydrogen (secondary N) is 1. The Bertz CT molecular complexity index is 590. The van der Waals surface area contributed by atoms with E-state index in [4.69, 9.17) is 0 Å². The summed E-state index contributed by atoms with van der Waals surface area (Å²) < 4.78 is 0. The van der Waals surface area contributed by atoms with E-state index in [1.165, 1.54) is 12.1 Å². The summed E-state index contributed by atoms with van der Waals surface area (Å²) in [5.41, 5.74) is 3.14. The maximum absolute atomic E-state index is 11.0. The normalized spacial score (nSPS) is 18.1. The Morgan fingerprint density at radius 2 is 1.86 bits per heavy atom. The number of hydrogen-bond acceptors (Lipinski definition) is 6. The fourth-order valence-corrected chi connectivity index (χ4v) is 2.23. The standard InChI is InChI=1S/C13H16N4O4/c1-9-2-4-10(5-3-9)14-15-12-7-6-11(16(18)19)8-13(12)17(20)21/h6-9,15H,2-5H2,1H3. The minimum absolute atomic E-state index is 0.164. The molecule has 1 N–H and O–H groups in total. The zero-order valence-corrected chi connectivity index (χ0v) is 11.6. The first kappa shape index (κ1) is 14.9. The molecule has 0 atom stereocenters. The molecule has 2 rings (SSSR count). The van der Waals surface area contributed by atoms with Crippen molar-refractivity contribution in [1.29, 1.82) is 0 Å². The monoisotopic (exact) mass is 292 g/mol. The second kappa shape index (κ2) is 6.29. The number of nitrogens with zero attached hydrogens (tertiary/aromatic N) is 3. The van der Waals surface area contributed by atoms with Gasteiger partial charge in [0.05, 0.1) is 15.9 Å². The summed E-state index contributed by atoms with van der Waals surface area (Å²) in [6.45, 7) is 2.19. The van der Waals surface area contributed by atoms with Crippen molar-refractivity contribution in [1.82, 2.24) is 0 Å². The first-order valence-corrected chi connectivity index (χ1v) is 6.71. The lowest BCUT2D eigenvalue weighted by Crippen LogP contribution is -2.13. The van der Waals surface area contributed by atoms with Gasteiger partial charge in [0.2, 0.25) is 0 Å². The Labute approximate surface area is 121 Å². The minimum atomic E-state index is -0.662. The van der Waals surface area contributed by atoms with E-state index in [-0.39, 0.29) is 17.1 Å². The molecule has 0 radical (unpaired) electrons. The van der Waals surface area contributed by atoms with Crippen LogP contribution in [0.4, 0.5) is 17.1 Å². The van der Waals surface area contributed by atoms with Crippen LogP contribution in [0.3, 0.4) is 0 Å². The van der Waals surface area contributed by atoms with Crippen LogP contribution in [0.1, 0.15) is 32.6 Å². The Hall–Kier alpha value is -2.51. The highest BCUT2D eigenvalue weighted by Gasteiger charge is 2.20. The third kappa shape index (κ3) is 3.74. The first-order chi connectivity index (χ1) is 9.97. The molecule has 8 nitrogen and oxygen atoms in total. The van der Waals surface area contributed by atoms with Crippen LogP contribution in [-0.4, -0.2) is 15.6 Å². The van der Waals surface area contributed by atoms with E-state index in [0.717, 1.165) is 37.5 Å². The van der Waals surface area contributed by atoms with Crippen LogP contribution >= 0.6 is 0 Å². The molecular formula is C13H16N4O4. The van der Waals surface area contributed by atoms with Crippen molar-refractivity contribution in [3.63, 3.8) is 0 Å². The fraction of sp³-hybridized carbons (Fsp3) is 0.462. The highest BCUT2D eigenvalue weighted by molar-refractivity contribution is 5.86. The smallest absolute Gasteiger partial charge is 0.272 e. The summed E-state index contributed by atoms with van der Waals surface area (Å²) in [4.78, 5) is 20.3. The number of nitro groups is 2. The number of non-ortho nitro benzene ring substituents is 1. The van der Waals surface area contributed by atoms with Crippen LogP contribution in [-0.2, 0) is 0 Å². The highest BCUT2D eigenvalue weighted by Crippen LogP contribution is 2.29. The molecule has 1 aliphatic rings. The largest absolute Gasteiger partial charge is 0.301 e. The van der Waals surface area contributed by atoms with Crippen LogP contribution in [0.25, 0.3) is 0 Å². The van der Waals surface area contributed by atoms with Gasteiger partial charge >= 0.3 is 5.69 Å². The van der Waals surface area contributed by atoms with Gasteiger partial charge in [-0.2, -0.15) is 5.10 Å². The van der Waals surface area contributed by atoms with Gasteiger partial charge in [0.25, 0.3) is 5.69 Å². The van der Waals surface area contributed by atoms with Crippen molar-refractivity contribution in [2.24, 2.45) is 11.0 Å². The molecule has 0 saturated heterocycles. The lowest BCUT2D eigenvalue weighted by Gasteiger charge is -2.18. The maximum atomic E-state index is 11.0. The molecule has 0 heterocycles. The van der Waals surface area contributed by atoms with Crippen LogP contribution < -0.4 is 5.43 Å². The summed E-state index contributed by atoms with van der Waals surface area (Å²) in [6.07, 6.45) is 3.86. The van der Waals surface area contributed by atoms with Crippen LogP contribution in [0.2, 0.25) is 0 Å². The molecule has 1 fully saturated rings. The molecule has 0 amide bonds. The molecule has 0 bridgehead atoms. The molecule has 1 aromatic rings. The second-order valence-electron chi connectivity index (χ2n) is 5.19. The van der Waals surface area contributed by atoms with E-state index in [2.05, 4.69) is 17.5 Å². The molecule has 8 heteroatoms. The first-order valence-electron chi connectivity index (χ1n) is 6.71. The molecule has 0 spiro atoms. The number of rotatable bonds is 4. The van der Waals surface area contributed by atoms with E-state index < -0.39 is 9.85 Å². The van der Waals surface area contributed by atoms with E-state index in [9.17, 15) is 20.2 Å². The van der Waals surface area contributed by atoms with Crippen LogP contribution in [0.15, 0.2) is 23.3 Å². The van der Waals surface area contributed by atoms with Gasteiger partial charge in [0.1, 0.15) is 5.69 Å². The molecular weight excluding hydrogens is 276 g/mol. The number of benzene rings is 1. The Kier molecular flexibility index (Phi) is 4.46. The SMILES string of the molecule is CC1CCC(=NNc2ccc([N+](=O)[O-])cc2[N+](=O)[O-])CC1. The van der Waals surface area contributed by atoms with E-state index >= 15 is 0 Å². The Balaban J connectivity index is 2.18. The van der Waals surface area contributed by atoms with Crippen molar-refractivity contribution >= 4 is 22.8 Å². The van der Waals surface area contributed by atoms with E-state index in [1.54, 1.807) is 0 Å². The van der Waals surface area contributed by atoms with Gasteiger partial charge in [-0.25, -0.2) is 0 Å². The maximum Gasteiger partial charge on any atom is 0.301 e. The Morgan fingerprint density at radius 1 is 1.19 bits per heavy atom. The number of nitro benzene ring substituents is 2. The molecule has 1 aromatic carbocycles. The quantitative estimate of drug-likeness (QED) is 0.674. The van der Waals surface area contributed by atoms with Gasteiger partial charge in [-0.15, -0.1) is 0 Å². The predicted molar refractivity (Wildman–Crippen MR) is 78.4 cm³/mol. The number of hydrazone groups is 1. The van der Waals surface area contributed by atoms with Crippen molar-refractivity contribution in [2.75, 3.05) is 5.43 Å². The average Bonchev–Trinajstić information content (AvgIpc) is 2.46. The topological polar surface area (TPSA) is 111 Å². The van der Waals surface area contributed by atoms with Gasteiger partial charge in [0.15, 0.2) is 0 Å².